The van der Waals surface area contributed by atoms with Crippen LogP contribution < -0.4 is 4.74 Å². The van der Waals surface area contributed by atoms with Gasteiger partial charge in [-0.25, -0.2) is 0 Å². The van der Waals surface area contributed by atoms with E-state index in [4.69, 9.17) is 4.74 Å². The van der Waals surface area contributed by atoms with Gasteiger partial charge in [-0.2, -0.15) is 0 Å². The lowest BCUT2D eigenvalue weighted by Crippen LogP contribution is -2.14. The third-order valence-electron chi connectivity index (χ3n) is 3.42. The maximum atomic E-state index is 12.1. The van der Waals surface area contributed by atoms with Crippen LogP contribution in [0.15, 0.2) is 22.7 Å². The van der Waals surface area contributed by atoms with E-state index in [1.807, 2.05) is 18.2 Å². The van der Waals surface area contributed by atoms with Crippen molar-refractivity contribution in [3.8, 4) is 5.75 Å². The lowest BCUT2D eigenvalue weighted by molar-refractivity contribution is -0.122. The zero-order chi connectivity index (χ0) is 12.3. The second-order valence-corrected chi connectivity index (χ2v) is 5.50. The van der Waals surface area contributed by atoms with Crippen LogP contribution >= 0.6 is 15.9 Å². The lowest BCUT2D eigenvalue weighted by atomic mass is 9.96. The molecule has 0 radical (unpaired) electrons. The molecule has 2 nitrogen and oxygen atoms in total. The molecule has 0 saturated heterocycles. The van der Waals surface area contributed by atoms with Crippen molar-refractivity contribution < 1.29 is 9.53 Å². The van der Waals surface area contributed by atoms with Gasteiger partial charge in [0.15, 0.2) is 0 Å². The van der Waals surface area contributed by atoms with Crippen molar-refractivity contribution in [2.24, 2.45) is 5.92 Å². The summed E-state index contributed by atoms with van der Waals surface area (Å²) in [5, 5.41) is 0. The summed E-state index contributed by atoms with van der Waals surface area (Å²) in [5.41, 5.74) is 0.985. The van der Waals surface area contributed by atoms with E-state index in [1.54, 1.807) is 7.11 Å². The Kier molecular flexibility index (Phi) is 4.21. The number of rotatable bonds is 4. The Labute approximate surface area is 110 Å². The summed E-state index contributed by atoms with van der Waals surface area (Å²) in [6.45, 7) is 0. The summed E-state index contributed by atoms with van der Waals surface area (Å²) in [4.78, 5) is 12.1. The van der Waals surface area contributed by atoms with Crippen molar-refractivity contribution in [1.29, 1.82) is 0 Å². The Morgan fingerprint density at radius 2 is 2.12 bits per heavy atom. The quantitative estimate of drug-likeness (QED) is 0.846. The molecular formula is C14H17BrO2. The smallest absolute Gasteiger partial charge is 0.140 e. The fourth-order valence-electron chi connectivity index (χ4n) is 2.47. The van der Waals surface area contributed by atoms with Gasteiger partial charge in [0.2, 0.25) is 0 Å². The highest BCUT2D eigenvalue weighted by molar-refractivity contribution is 9.10. The first-order valence-corrected chi connectivity index (χ1v) is 6.85. The number of Topliss-reactive ketones (excluding diaryl/α,β-unsaturated/α-hetero) is 1. The maximum absolute atomic E-state index is 12.1. The molecule has 92 valence electrons. The first kappa shape index (κ1) is 12.6. The van der Waals surface area contributed by atoms with E-state index in [9.17, 15) is 4.79 Å². The van der Waals surface area contributed by atoms with E-state index >= 15 is 0 Å². The van der Waals surface area contributed by atoms with Gasteiger partial charge < -0.3 is 4.74 Å². The Morgan fingerprint density at radius 3 is 2.76 bits per heavy atom. The van der Waals surface area contributed by atoms with Crippen molar-refractivity contribution in [3.63, 3.8) is 0 Å². The van der Waals surface area contributed by atoms with Crippen molar-refractivity contribution in [3.05, 3.63) is 28.2 Å². The van der Waals surface area contributed by atoms with E-state index in [0.29, 0.717) is 12.2 Å². The number of halogens is 1. The summed E-state index contributed by atoms with van der Waals surface area (Å²) in [7, 11) is 1.65. The Morgan fingerprint density at radius 1 is 1.41 bits per heavy atom. The minimum absolute atomic E-state index is 0.277. The molecule has 17 heavy (non-hydrogen) atoms. The average molecular weight is 297 g/mol. The van der Waals surface area contributed by atoms with Crippen LogP contribution in [0, 0.1) is 5.92 Å². The van der Waals surface area contributed by atoms with Crippen LogP contribution in [0.4, 0.5) is 0 Å². The molecule has 1 aliphatic carbocycles. The molecule has 1 aliphatic rings. The lowest BCUT2D eigenvalue weighted by Gasteiger charge is -2.11. The van der Waals surface area contributed by atoms with Gasteiger partial charge in [-0.05, 0) is 31.0 Å². The second-order valence-electron chi connectivity index (χ2n) is 4.58. The minimum atomic E-state index is 0.277. The topological polar surface area (TPSA) is 26.3 Å². The minimum Gasteiger partial charge on any atom is -0.496 e. The summed E-state index contributed by atoms with van der Waals surface area (Å²) >= 11 is 3.43. The SMILES string of the molecule is COc1ccc(Br)cc1CC(=O)C1CCCC1. The molecule has 0 atom stereocenters. The van der Waals surface area contributed by atoms with Gasteiger partial charge in [-0.1, -0.05) is 28.8 Å². The Balaban J connectivity index is 2.11. The molecule has 0 heterocycles. The van der Waals surface area contributed by atoms with Gasteiger partial charge in [-0.3, -0.25) is 4.79 Å². The van der Waals surface area contributed by atoms with Crippen LogP contribution in [0.25, 0.3) is 0 Å². The zero-order valence-corrected chi connectivity index (χ0v) is 11.6. The summed E-state index contributed by atoms with van der Waals surface area (Å²) in [6.07, 6.45) is 5.02. The summed E-state index contributed by atoms with van der Waals surface area (Å²) in [6, 6.07) is 5.81. The van der Waals surface area contributed by atoms with Gasteiger partial charge in [0.05, 0.1) is 7.11 Å². The van der Waals surface area contributed by atoms with Crippen molar-refractivity contribution in [2.45, 2.75) is 32.1 Å². The Bertz CT molecular complexity index is 409. The molecule has 0 bridgehead atoms. The van der Waals surface area contributed by atoms with E-state index in [1.165, 1.54) is 12.8 Å². The van der Waals surface area contributed by atoms with Gasteiger partial charge in [-0.15, -0.1) is 0 Å². The van der Waals surface area contributed by atoms with E-state index in [-0.39, 0.29) is 5.92 Å². The van der Waals surface area contributed by atoms with Gasteiger partial charge in [0.25, 0.3) is 0 Å². The van der Waals surface area contributed by atoms with Gasteiger partial charge >= 0.3 is 0 Å². The molecule has 1 aromatic carbocycles. The van der Waals surface area contributed by atoms with Crippen LogP contribution in [0.3, 0.4) is 0 Å². The number of benzene rings is 1. The standard InChI is InChI=1S/C14H17BrO2/c1-17-14-7-6-12(15)8-11(14)9-13(16)10-4-2-3-5-10/h6-8,10H,2-5,9H2,1H3. The Hall–Kier alpha value is -0.830. The van der Waals surface area contributed by atoms with E-state index < -0.39 is 0 Å². The molecule has 1 fully saturated rings. The predicted molar refractivity (Wildman–Crippen MR) is 71.4 cm³/mol. The van der Waals surface area contributed by atoms with Gasteiger partial charge in [0.1, 0.15) is 11.5 Å². The summed E-state index contributed by atoms with van der Waals surface area (Å²) < 4.78 is 6.28. The normalized spacial score (nSPS) is 16.1. The third-order valence-corrected chi connectivity index (χ3v) is 3.91. The number of methoxy groups -OCH3 is 1. The van der Waals surface area contributed by atoms with Crippen molar-refractivity contribution in [1.82, 2.24) is 0 Å². The molecule has 0 spiro atoms. The molecule has 1 saturated carbocycles. The number of carbonyl (C=O) groups excluding carboxylic acids is 1. The average Bonchev–Trinajstić information content (AvgIpc) is 2.83. The molecule has 3 heteroatoms. The van der Waals surface area contributed by atoms with Crippen LogP contribution in [0.2, 0.25) is 0 Å². The molecule has 0 amide bonds. The number of hydrogen-bond donors (Lipinski definition) is 0. The highest BCUT2D eigenvalue weighted by Crippen LogP contribution is 2.29. The highest BCUT2D eigenvalue weighted by atomic mass is 79.9. The fourth-order valence-corrected chi connectivity index (χ4v) is 2.87. The molecule has 0 aromatic heterocycles. The van der Waals surface area contributed by atoms with E-state index in [2.05, 4.69) is 15.9 Å². The second kappa shape index (κ2) is 5.67. The van der Waals surface area contributed by atoms with Crippen LogP contribution in [0.1, 0.15) is 31.2 Å². The molecule has 0 aliphatic heterocycles. The molecule has 2 rings (SSSR count). The summed E-state index contributed by atoms with van der Waals surface area (Å²) in [5.74, 6) is 1.44. The van der Waals surface area contributed by atoms with Crippen molar-refractivity contribution >= 4 is 21.7 Å². The van der Waals surface area contributed by atoms with Gasteiger partial charge in [0, 0.05) is 22.4 Å². The first-order valence-electron chi connectivity index (χ1n) is 6.06. The van der Waals surface area contributed by atoms with E-state index in [0.717, 1.165) is 28.6 Å². The number of hydrogen-bond acceptors (Lipinski definition) is 2. The molecule has 0 N–H and O–H groups in total. The molecule has 1 aromatic rings. The van der Waals surface area contributed by atoms with Crippen LogP contribution in [0.5, 0.6) is 5.75 Å². The third kappa shape index (κ3) is 3.09. The zero-order valence-electron chi connectivity index (χ0n) is 10.0. The number of carbonyl (C=O) groups is 1. The number of ether oxygens (including phenoxy) is 1. The van der Waals surface area contributed by atoms with Crippen LogP contribution in [-0.4, -0.2) is 12.9 Å². The monoisotopic (exact) mass is 296 g/mol. The van der Waals surface area contributed by atoms with Crippen molar-refractivity contribution in [2.75, 3.05) is 7.11 Å². The highest BCUT2D eigenvalue weighted by Gasteiger charge is 2.23. The maximum Gasteiger partial charge on any atom is 0.140 e. The largest absolute Gasteiger partial charge is 0.496 e. The molecule has 0 unspecified atom stereocenters. The first-order chi connectivity index (χ1) is 8.20. The predicted octanol–water partition coefficient (Wildman–Crippen LogP) is 3.76. The van der Waals surface area contributed by atoms with Crippen LogP contribution in [-0.2, 0) is 11.2 Å². The molecular weight excluding hydrogens is 280 g/mol. The fraction of sp³-hybridized carbons (Fsp3) is 0.500. The number of ketones is 1.